The molecule has 0 aromatic rings. The molecule has 1 heteroatoms. The second kappa shape index (κ2) is 4.08. The van der Waals surface area contributed by atoms with E-state index in [0.29, 0.717) is 0 Å². The molecule has 2 fully saturated rings. The molecule has 0 bridgehead atoms. The quantitative estimate of drug-likeness (QED) is 0.430. The third-order valence-electron chi connectivity index (χ3n) is 3.15. The van der Waals surface area contributed by atoms with Gasteiger partial charge in [-0.05, 0) is 38.6 Å². The highest BCUT2D eigenvalue weighted by atomic mass is 14.9. The molecular weight excluding hydrogens is 146 g/mol. The molecule has 68 valence electrons. The molecule has 1 aliphatic carbocycles. The summed E-state index contributed by atoms with van der Waals surface area (Å²) in [7, 11) is 0. The third-order valence-corrected chi connectivity index (χ3v) is 3.15. The number of rotatable bonds is 0. The monoisotopic (exact) mass is 165 g/mol. The van der Waals surface area contributed by atoms with Crippen molar-refractivity contribution in [2.75, 3.05) is 13.1 Å². The molecular formula is C11H19N. The van der Waals surface area contributed by atoms with Gasteiger partial charge < -0.3 is 5.32 Å². The highest BCUT2D eigenvalue weighted by Gasteiger charge is 2.13. The van der Waals surface area contributed by atoms with Crippen molar-refractivity contribution in [2.24, 2.45) is 0 Å². The molecule has 2 rings (SSSR count). The van der Waals surface area contributed by atoms with Gasteiger partial charge in [-0.3, -0.25) is 0 Å². The predicted molar refractivity (Wildman–Crippen MR) is 52.2 cm³/mol. The van der Waals surface area contributed by atoms with E-state index in [-0.39, 0.29) is 0 Å². The molecule has 0 aromatic heterocycles. The molecule has 1 aliphatic heterocycles. The fourth-order valence-corrected chi connectivity index (χ4v) is 2.38. The molecule has 0 atom stereocenters. The smallest absolute Gasteiger partial charge is 0.0167 e. The van der Waals surface area contributed by atoms with Gasteiger partial charge in [0.1, 0.15) is 0 Å². The van der Waals surface area contributed by atoms with Crippen molar-refractivity contribution in [1.82, 2.24) is 5.32 Å². The van der Waals surface area contributed by atoms with Crippen molar-refractivity contribution in [1.29, 1.82) is 0 Å². The van der Waals surface area contributed by atoms with Gasteiger partial charge in [0.15, 0.2) is 0 Å². The summed E-state index contributed by atoms with van der Waals surface area (Å²) < 4.78 is 0. The second-order valence-corrected chi connectivity index (χ2v) is 4.05. The van der Waals surface area contributed by atoms with Gasteiger partial charge in [0.05, 0.1) is 0 Å². The molecule has 1 saturated carbocycles. The first-order valence-corrected chi connectivity index (χ1v) is 5.37. The van der Waals surface area contributed by atoms with E-state index in [1.807, 2.05) is 0 Å². The Hall–Kier alpha value is -0.300. The number of nitrogens with one attached hydrogen (secondary N) is 1. The lowest BCUT2D eigenvalue weighted by molar-refractivity contribution is 0.702. The molecule has 0 aromatic carbocycles. The highest BCUT2D eigenvalue weighted by molar-refractivity contribution is 5.19. The van der Waals surface area contributed by atoms with Crippen LogP contribution in [-0.2, 0) is 0 Å². The van der Waals surface area contributed by atoms with Crippen molar-refractivity contribution in [2.45, 2.75) is 44.9 Å². The van der Waals surface area contributed by atoms with Gasteiger partial charge in [-0.15, -0.1) is 0 Å². The Kier molecular flexibility index (Phi) is 2.83. The van der Waals surface area contributed by atoms with Crippen LogP contribution < -0.4 is 5.32 Å². The van der Waals surface area contributed by atoms with Crippen molar-refractivity contribution in [3.05, 3.63) is 11.1 Å². The number of allylic oxidation sites excluding steroid dienone is 1. The maximum atomic E-state index is 3.43. The van der Waals surface area contributed by atoms with Gasteiger partial charge in [0, 0.05) is 6.54 Å². The van der Waals surface area contributed by atoms with E-state index in [4.69, 9.17) is 0 Å². The summed E-state index contributed by atoms with van der Waals surface area (Å²) in [6, 6.07) is 0. The zero-order chi connectivity index (χ0) is 8.23. The minimum atomic E-state index is 1.19. The van der Waals surface area contributed by atoms with Gasteiger partial charge >= 0.3 is 0 Å². The Bertz CT molecular complexity index is 163. The molecule has 1 N–H and O–H groups in total. The van der Waals surface area contributed by atoms with E-state index in [1.54, 1.807) is 11.1 Å². The lowest BCUT2D eigenvalue weighted by atomic mass is 10.0. The normalized spacial score (nSPS) is 26.0. The first kappa shape index (κ1) is 8.31. The molecule has 1 heterocycles. The Morgan fingerprint density at radius 2 is 1.50 bits per heavy atom. The van der Waals surface area contributed by atoms with Crippen molar-refractivity contribution in [3.8, 4) is 0 Å². The van der Waals surface area contributed by atoms with Crippen LogP contribution in [-0.4, -0.2) is 13.1 Å². The molecule has 0 unspecified atom stereocenters. The van der Waals surface area contributed by atoms with Crippen LogP contribution in [0.15, 0.2) is 11.1 Å². The lowest BCUT2D eigenvalue weighted by Crippen LogP contribution is -2.05. The van der Waals surface area contributed by atoms with E-state index >= 15 is 0 Å². The van der Waals surface area contributed by atoms with E-state index in [1.165, 1.54) is 58.0 Å². The zero-order valence-electron chi connectivity index (χ0n) is 7.86. The van der Waals surface area contributed by atoms with E-state index in [0.717, 1.165) is 0 Å². The molecule has 12 heavy (non-hydrogen) atoms. The Labute approximate surface area is 75.2 Å². The maximum absolute atomic E-state index is 3.43. The van der Waals surface area contributed by atoms with Gasteiger partial charge in [0.2, 0.25) is 0 Å². The molecule has 1 nitrogen and oxygen atoms in total. The second-order valence-electron chi connectivity index (χ2n) is 4.05. The van der Waals surface area contributed by atoms with Crippen molar-refractivity contribution < 1.29 is 0 Å². The zero-order valence-corrected chi connectivity index (χ0v) is 7.86. The van der Waals surface area contributed by atoms with Crippen LogP contribution in [0.2, 0.25) is 0 Å². The summed E-state index contributed by atoms with van der Waals surface area (Å²) in [5.74, 6) is 0. The SMILES string of the molecule is C1CCCC(=C2CCNC2)CC1. The fourth-order valence-electron chi connectivity index (χ4n) is 2.38. The molecule has 0 spiro atoms. The summed E-state index contributed by atoms with van der Waals surface area (Å²) >= 11 is 0. The van der Waals surface area contributed by atoms with Crippen LogP contribution in [0.5, 0.6) is 0 Å². The van der Waals surface area contributed by atoms with Crippen molar-refractivity contribution in [3.63, 3.8) is 0 Å². The van der Waals surface area contributed by atoms with E-state index < -0.39 is 0 Å². The molecule has 0 amide bonds. The van der Waals surface area contributed by atoms with E-state index in [9.17, 15) is 0 Å². The first-order chi connectivity index (χ1) is 5.97. The largest absolute Gasteiger partial charge is 0.313 e. The van der Waals surface area contributed by atoms with Crippen molar-refractivity contribution >= 4 is 0 Å². The average Bonchev–Trinajstić information content (AvgIpc) is 2.48. The van der Waals surface area contributed by atoms with E-state index in [2.05, 4.69) is 5.32 Å². The third kappa shape index (κ3) is 1.89. The van der Waals surface area contributed by atoms with Crippen LogP contribution in [0, 0.1) is 0 Å². The summed E-state index contributed by atoms with van der Waals surface area (Å²) in [5.41, 5.74) is 3.55. The Morgan fingerprint density at radius 3 is 2.08 bits per heavy atom. The van der Waals surface area contributed by atoms with Crippen LogP contribution in [0.3, 0.4) is 0 Å². The topological polar surface area (TPSA) is 12.0 Å². The fraction of sp³-hybridized carbons (Fsp3) is 0.818. The van der Waals surface area contributed by atoms with Crippen LogP contribution >= 0.6 is 0 Å². The van der Waals surface area contributed by atoms with Crippen LogP contribution in [0.4, 0.5) is 0 Å². The Morgan fingerprint density at radius 1 is 0.750 bits per heavy atom. The molecule has 1 saturated heterocycles. The highest BCUT2D eigenvalue weighted by Crippen LogP contribution is 2.26. The van der Waals surface area contributed by atoms with Gasteiger partial charge in [-0.1, -0.05) is 24.0 Å². The molecule has 2 aliphatic rings. The first-order valence-electron chi connectivity index (χ1n) is 5.37. The van der Waals surface area contributed by atoms with Crippen LogP contribution in [0.25, 0.3) is 0 Å². The minimum absolute atomic E-state index is 1.19. The predicted octanol–water partition coefficient (Wildman–Crippen LogP) is 2.63. The molecule has 0 radical (unpaired) electrons. The average molecular weight is 165 g/mol. The number of hydrogen-bond donors (Lipinski definition) is 1. The summed E-state index contributed by atoms with van der Waals surface area (Å²) in [6.45, 7) is 2.41. The summed E-state index contributed by atoms with van der Waals surface area (Å²) in [5, 5.41) is 3.43. The van der Waals surface area contributed by atoms with Crippen LogP contribution in [0.1, 0.15) is 44.9 Å². The summed E-state index contributed by atoms with van der Waals surface area (Å²) in [6.07, 6.45) is 9.94. The van der Waals surface area contributed by atoms with Gasteiger partial charge in [0.25, 0.3) is 0 Å². The minimum Gasteiger partial charge on any atom is -0.313 e. The Balaban J connectivity index is 2.03. The van der Waals surface area contributed by atoms with Gasteiger partial charge in [-0.2, -0.15) is 0 Å². The summed E-state index contributed by atoms with van der Waals surface area (Å²) in [4.78, 5) is 0. The van der Waals surface area contributed by atoms with Gasteiger partial charge in [-0.25, -0.2) is 0 Å². The lowest BCUT2D eigenvalue weighted by Gasteiger charge is -2.06. The maximum Gasteiger partial charge on any atom is 0.0167 e. The number of hydrogen-bond acceptors (Lipinski definition) is 1. The standard InChI is InChI=1S/C11H19N/c1-2-4-6-10(5-3-1)11-7-8-12-9-11/h12H,1-9H2.